The third-order valence-corrected chi connectivity index (χ3v) is 3.69. The van der Waals surface area contributed by atoms with Crippen LogP contribution in [0.2, 0.25) is 0 Å². The summed E-state index contributed by atoms with van der Waals surface area (Å²) in [5.74, 6) is -0.0649. The lowest BCUT2D eigenvalue weighted by Gasteiger charge is -2.07. The molecule has 2 aromatic carbocycles. The SMILES string of the molecule is COC(=O)c1ccc(/C=C(\C#N)c2nc(N)nc(Nc3ccccc3)n2)cc1. The van der Waals surface area contributed by atoms with E-state index >= 15 is 0 Å². The van der Waals surface area contributed by atoms with Crippen LogP contribution in [0.1, 0.15) is 21.7 Å². The molecule has 0 saturated heterocycles. The second-order valence-electron chi connectivity index (χ2n) is 5.62. The van der Waals surface area contributed by atoms with E-state index in [4.69, 9.17) is 5.73 Å². The first-order chi connectivity index (χ1) is 13.6. The van der Waals surface area contributed by atoms with Crippen LogP contribution < -0.4 is 11.1 Å². The zero-order chi connectivity index (χ0) is 19.9. The Morgan fingerprint density at radius 2 is 1.82 bits per heavy atom. The number of ether oxygens (including phenoxy) is 1. The fraction of sp³-hybridized carbons (Fsp3) is 0.0500. The Balaban J connectivity index is 1.90. The number of carbonyl (C=O) groups is 1. The molecule has 28 heavy (non-hydrogen) atoms. The monoisotopic (exact) mass is 372 g/mol. The highest BCUT2D eigenvalue weighted by Crippen LogP contribution is 2.19. The van der Waals surface area contributed by atoms with Crippen LogP contribution in [0.4, 0.5) is 17.6 Å². The number of rotatable bonds is 5. The number of nitriles is 1. The molecule has 0 saturated carbocycles. The molecule has 138 valence electrons. The number of nitrogens with two attached hydrogens (primary N) is 1. The number of hydrogen-bond acceptors (Lipinski definition) is 8. The standard InChI is InChI=1S/C20H16N6O2/c1-28-18(27)14-9-7-13(8-10-14)11-15(12-21)17-24-19(22)26-20(25-17)23-16-5-3-2-4-6-16/h2-11H,1H3,(H3,22,23,24,25,26)/b15-11+. The molecule has 3 N–H and O–H groups in total. The normalized spacial score (nSPS) is 10.8. The lowest BCUT2D eigenvalue weighted by Crippen LogP contribution is -2.06. The van der Waals surface area contributed by atoms with Crippen LogP contribution in [-0.2, 0) is 4.74 Å². The van der Waals surface area contributed by atoms with E-state index in [-0.39, 0.29) is 23.3 Å². The van der Waals surface area contributed by atoms with Gasteiger partial charge in [0.15, 0.2) is 5.82 Å². The number of methoxy groups -OCH3 is 1. The molecule has 3 rings (SSSR count). The number of nitrogen functional groups attached to an aromatic ring is 1. The van der Waals surface area contributed by atoms with Crippen LogP contribution in [0.5, 0.6) is 0 Å². The number of aromatic nitrogens is 3. The van der Waals surface area contributed by atoms with Gasteiger partial charge in [-0.3, -0.25) is 0 Å². The first-order valence-electron chi connectivity index (χ1n) is 8.23. The molecule has 0 aliphatic rings. The zero-order valence-electron chi connectivity index (χ0n) is 15.0. The molecular formula is C20H16N6O2. The predicted octanol–water partition coefficient (Wildman–Crippen LogP) is 3.05. The Labute approximate surface area is 161 Å². The number of benzene rings is 2. The average molecular weight is 372 g/mol. The van der Waals surface area contributed by atoms with Crippen molar-refractivity contribution in [1.29, 1.82) is 5.26 Å². The molecule has 0 spiro atoms. The number of hydrogen-bond donors (Lipinski definition) is 2. The molecule has 0 atom stereocenters. The van der Waals surface area contributed by atoms with Gasteiger partial charge < -0.3 is 15.8 Å². The summed E-state index contributed by atoms with van der Waals surface area (Å²) in [6.07, 6.45) is 1.60. The third kappa shape index (κ3) is 4.47. The quantitative estimate of drug-likeness (QED) is 0.517. The molecule has 0 amide bonds. The summed E-state index contributed by atoms with van der Waals surface area (Å²) in [6, 6.07) is 18.0. The summed E-state index contributed by atoms with van der Waals surface area (Å²) in [5.41, 5.74) is 7.87. The minimum atomic E-state index is -0.432. The van der Waals surface area contributed by atoms with Crippen molar-refractivity contribution in [3.63, 3.8) is 0 Å². The number of esters is 1. The molecule has 0 aliphatic carbocycles. The van der Waals surface area contributed by atoms with Crippen LogP contribution in [0, 0.1) is 11.3 Å². The highest BCUT2D eigenvalue weighted by molar-refractivity contribution is 5.91. The molecule has 0 bridgehead atoms. The van der Waals surface area contributed by atoms with Gasteiger partial charge in [-0.1, -0.05) is 30.3 Å². The Morgan fingerprint density at radius 1 is 1.11 bits per heavy atom. The van der Waals surface area contributed by atoms with E-state index in [1.807, 2.05) is 30.3 Å². The van der Waals surface area contributed by atoms with Crippen molar-refractivity contribution in [3.05, 3.63) is 71.5 Å². The number of nitrogens with zero attached hydrogens (tertiary/aromatic N) is 4. The highest BCUT2D eigenvalue weighted by atomic mass is 16.5. The van der Waals surface area contributed by atoms with E-state index in [2.05, 4.69) is 31.1 Å². The van der Waals surface area contributed by atoms with E-state index in [9.17, 15) is 10.1 Å². The first kappa shape index (κ1) is 18.5. The lowest BCUT2D eigenvalue weighted by molar-refractivity contribution is 0.0600. The lowest BCUT2D eigenvalue weighted by atomic mass is 10.1. The van der Waals surface area contributed by atoms with Crippen LogP contribution in [-0.4, -0.2) is 28.0 Å². The predicted molar refractivity (Wildman–Crippen MR) is 105 cm³/mol. The van der Waals surface area contributed by atoms with Gasteiger partial charge in [0.25, 0.3) is 0 Å². The molecule has 0 fully saturated rings. The van der Waals surface area contributed by atoms with Gasteiger partial charge in [-0.25, -0.2) is 4.79 Å². The first-order valence-corrected chi connectivity index (χ1v) is 8.23. The molecule has 1 aromatic heterocycles. The minimum absolute atomic E-state index is 0.00868. The summed E-state index contributed by atoms with van der Waals surface area (Å²) in [6.45, 7) is 0. The van der Waals surface area contributed by atoms with Crippen molar-refractivity contribution < 1.29 is 9.53 Å². The molecule has 0 aliphatic heterocycles. The Bertz CT molecular complexity index is 1060. The van der Waals surface area contributed by atoms with Crippen molar-refractivity contribution >= 4 is 35.2 Å². The average Bonchev–Trinajstić information content (AvgIpc) is 2.72. The number of anilines is 3. The number of para-hydroxylation sites is 1. The summed E-state index contributed by atoms with van der Waals surface area (Å²) < 4.78 is 4.67. The smallest absolute Gasteiger partial charge is 0.337 e. The van der Waals surface area contributed by atoms with Crippen molar-refractivity contribution in [1.82, 2.24) is 15.0 Å². The zero-order valence-corrected chi connectivity index (χ0v) is 15.0. The van der Waals surface area contributed by atoms with Gasteiger partial charge >= 0.3 is 5.97 Å². The molecule has 8 heteroatoms. The topological polar surface area (TPSA) is 127 Å². The largest absolute Gasteiger partial charge is 0.465 e. The van der Waals surface area contributed by atoms with Gasteiger partial charge in [0, 0.05) is 5.69 Å². The van der Waals surface area contributed by atoms with E-state index < -0.39 is 5.97 Å². The summed E-state index contributed by atoms with van der Waals surface area (Å²) in [5, 5.41) is 12.6. The van der Waals surface area contributed by atoms with E-state index in [1.165, 1.54) is 7.11 Å². The summed E-state index contributed by atoms with van der Waals surface area (Å²) >= 11 is 0. The molecule has 8 nitrogen and oxygen atoms in total. The molecule has 0 radical (unpaired) electrons. The van der Waals surface area contributed by atoms with Gasteiger partial charge in [-0.05, 0) is 35.9 Å². The van der Waals surface area contributed by atoms with Crippen molar-refractivity contribution in [2.75, 3.05) is 18.2 Å². The van der Waals surface area contributed by atoms with Crippen molar-refractivity contribution in [2.24, 2.45) is 0 Å². The molecule has 3 aromatic rings. The molecular weight excluding hydrogens is 356 g/mol. The van der Waals surface area contributed by atoms with Gasteiger partial charge in [-0.15, -0.1) is 0 Å². The number of carbonyl (C=O) groups excluding carboxylic acids is 1. The molecule has 1 heterocycles. The van der Waals surface area contributed by atoms with E-state index in [1.54, 1.807) is 30.3 Å². The summed E-state index contributed by atoms with van der Waals surface area (Å²) in [7, 11) is 1.32. The van der Waals surface area contributed by atoms with Gasteiger partial charge in [-0.2, -0.15) is 20.2 Å². The van der Waals surface area contributed by atoms with Crippen molar-refractivity contribution in [2.45, 2.75) is 0 Å². The third-order valence-electron chi connectivity index (χ3n) is 3.69. The molecule has 0 unspecified atom stereocenters. The fourth-order valence-corrected chi connectivity index (χ4v) is 2.37. The number of allylic oxidation sites excluding steroid dienone is 1. The van der Waals surface area contributed by atoms with Crippen LogP contribution in [0.3, 0.4) is 0 Å². The maximum absolute atomic E-state index is 11.5. The van der Waals surface area contributed by atoms with Crippen LogP contribution in [0.25, 0.3) is 11.6 Å². The van der Waals surface area contributed by atoms with Gasteiger partial charge in [0.05, 0.1) is 18.2 Å². The highest BCUT2D eigenvalue weighted by Gasteiger charge is 2.11. The fourth-order valence-electron chi connectivity index (χ4n) is 2.37. The minimum Gasteiger partial charge on any atom is -0.465 e. The van der Waals surface area contributed by atoms with E-state index in [0.717, 1.165) is 5.69 Å². The van der Waals surface area contributed by atoms with Gasteiger partial charge in [0.2, 0.25) is 11.9 Å². The Hall–Kier alpha value is -4.25. The van der Waals surface area contributed by atoms with Crippen molar-refractivity contribution in [3.8, 4) is 6.07 Å². The van der Waals surface area contributed by atoms with E-state index in [0.29, 0.717) is 11.1 Å². The Morgan fingerprint density at radius 3 is 2.46 bits per heavy atom. The van der Waals surface area contributed by atoms with Gasteiger partial charge in [0.1, 0.15) is 6.07 Å². The number of nitrogens with one attached hydrogen (secondary N) is 1. The Kier molecular flexibility index (Phi) is 5.58. The summed E-state index contributed by atoms with van der Waals surface area (Å²) in [4.78, 5) is 23.9. The van der Waals surface area contributed by atoms with Crippen LogP contribution in [0.15, 0.2) is 54.6 Å². The second kappa shape index (κ2) is 8.42. The second-order valence-corrected chi connectivity index (χ2v) is 5.62. The van der Waals surface area contributed by atoms with Crippen LogP contribution >= 0.6 is 0 Å². The maximum Gasteiger partial charge on any atom is 0.337 e. The maximum atomic E-state index is 11.5.